The van der Waals surface area contributed by atoms with Gasteiger partial charge >= 0.3 is 5.97 Å². The van der Waals surface area contributed by atoms with E-state index in [9.17, 15) is 14.7 Å². The quantitative estimate of drug-likeness (QED) is 0.430. The molecule has 0 saturated heterocycles. The van der Waals surface area contributed by atoms with E-state index in [1.54, 1.807) is 6.07 Å². The van der Waals surface area contributed by atoms with Crippen LogP contribution in [0.4, 0.5) is 5.69 Å². The normalized spacial score (nSPS) is 10.4. The Morgan fingerprint density at radius 3 is 2.58 bits per heavy atom. The molecule has 0 fully saturated rings. The number of carboxylic acid groups (broad SMARTS) is 1. The molecular weight excluding hydrogens is 394 g/mol. The highest BCUT2D eigenvalue weighted by Crippen LogP contribution is 2.24. The molecule has 0 unspecified atom stereocenters. The number of aromatic amines is 1. The van der Waals surface area contributed by atoms with E-state index in [0.29, 0.717) is 12.4 Å². The number of H-pyrrole nitrogens is 1. The van der Waals surface area contributed by atoms with Gasteiger partial charge < -0.3 is 20.1 Å². The number of nitriles is 1. The SMILES string of the molecule is N#Cc1ccc(NC(=O)c2cc3cc(OCc4ccccc4)ccc3[nH]2)c(C(=O)O)c1. The maximum Gasteiger partial charge on any atom is 0.337 e. The predicted molar refractivity (Wildman–Crippen MR) is 115 cm³/mol. The highest BCUT2D eigenvalue weighted by atomic mass is 16.5. The molecule has 0 aliphatic heterocycles. The molecule has 0 radical (unpaired) electrons. The van der Waals surface area contributed by atoms with Crippen LogP contribution in [0.25, 0.3) is 10.9 Å². The molecule has 4 rings (SSSR count). The van der Waals surface area contributed by atoms with Crippen LogP contribution in [0, 0.1) is 11.3 Å². The molecule has 0 atom stereocenters. The van der Waals surface area contributed by atoms with Crippen LogP contribution in [-0.4, -0.2) is 22.0 Å². The van der Waals surface area contributed by atoms with Crippen molar-refractivity contribution >= 4 is 28.5 Å². The number of carboxylic acids is 1. The molecule has 31 heavy (non-hydrogen) atoms. The summed E-state index contributed by atoms with van der Waals surface area (Å²) in [6.07, 6.45) is 0. The maximum absolute atomic E-state index is 12.7. The largest absolute Gasteiger partial charge is 0.489 e. The van der Waals surface area contributed by atoms with E-state index in [4.69, 9.17) is 10.00 Å². The summed E-state index contributed by atoms with van der Waals surface area (Å²) in [5.41, 5.74) is 2.23. The lowest BCUT2D eigenvalue weighted by atomic mass is 10.1. The number of hydrogen-bond donors (Lipinski definition) is 3. The number of carbonyl (C=O) groups is 2. The smallest absolute Gasteiger partial charge is 0.337 e. The first-order valence-electron chi connectivity index (χ1n) is 9.42. The van der Waals surface area contributed by atoms with E-state index in [-0.39, 0.29) is 22.5 Å². The second kappa shape index (κ2) is 8.43. The van der Waals surface area contributed by atoms with Crippen molar-refractivity contribution in [2.24, 2.45) is 0 Å². The zero-order valence-corrected chi connectivity index (χ0v) is 16.3. The van der Waals surface area contributed by atoms with E-state index in [1.165, 1.54) is 18.2 Å². The lowest BCUT2D eigenvalue weighted by Crippen LogP contribution is -2.15. The Balaban J connectivity index is 1.53. The zero-order chi connectivity index (χ0) is 21.8. The van der Waals surface area contributed by atoms with E-state index in [2.05, 4.69) is 10.3 Å². The number of benzene rings is 3. The van der Waals surface area contributed by atoms with Crippen molar-refractivity contribution in [1.29, 1.82) is 5.26 Å². The molecule has 1 amide bonds. The highest BCUT2D eigenvalue weighted by molar-refractivity contribution is 6.09. The zero-order valence-electron chi connectivity index (χ0n) is 16.3. The van der Waals surface area contributed by atoms with Crippen LogP contribution in [0.3, 0.4) is 0 Å². The molecule has 3 aromatic carbocycles. The number of aromatic carboxylic acids is 1. The number of hydrogen-bond acceptors (Lipinski definition) is 4. The van der Waals surface area contributed by atoms with Gasteiger partial charge in [0.2, 0.25) is 0 Å². The van der Waals surface area contributed by atoms with Crippen molar-refractivity contribution in [3.05, 3.63) is 95.2 Å². The van der Waals surface area contributed by atoms with Gasteiger partial charge in [-0.05, 0) is 48.0 Å². The van der Waals surface area contributed by atoms with E-state index >= 15 is 0 Å². The summed E-state index contributed by atoms with van der Waals surface area (Å²) in [5, 5.41) is 21.7. The van der Waals surface area contributed by atoms with Crippen LogP contribution in [0.2, 0.25) is 0 Å². The van der Waals surface area contributed by atoms with Gasteiger partial charge in [0.05, 0.1) is 22.9 Å². The molecule has 1 heterocycles. The fraction of sp³-hybridized carbons (Fsp3) is 0.0417. The summed E-state index contributed by atoms with van der Waals surface area (Å²) in [5.74, 6) is -1.05. The number of amides is 1. The van der Waals surface area contributed by atoms with Crippen molar-refractivity contribution in [2.75, 3.05) is 5.32 Å². The Morgan fingerprint density at radius 2 is 1.84 bits per heavy atom. The monoisotopic (exact) mass is 411 g/mol. The van der Waals surface area contributed by atoms with Crippen molar-refractivity contribution < 1.29 is 19.4 Å². The summed E-state index contributed by atoms with van der Waals surface area (Å²) < 4.78 is 5.82. The minimum absolute atomic E-state index is 0.113. The molecule has 3 N–H and O–H groups in total. The van der Waals surface area contributed by atoms with Gasteiger partial charge in [-0.15, -0.1) is 0 Å². The Labute approximate surface area is 177 Å². The van der Waals surface area contributed by atoms with Crippen LogP contribution in [0.1, 0.15) is 32.0 Å². The summed E-state index contributed by atoms with van der Waals surface area (Å²) in [6, 6.07) is 22.9. The third kappa shape index (κ3) is 4.38. The Hall–Kier alpha value is -4.57. The topological polar surface area (TPSA) is 115 Å². The molecule has 4 aromatic rings. The average Bonchev–Trinajstić information content (AvgIpc) is 3.22. The molecule has 0 bridgehead atoms. The number of aromatic nitrogens is 1. The Morgan fingerprint density at radius 1 is 1.03 bits per heavy atom. The average molecular weight is 411 g/mol. The number of ether oxygens (including phenoxy) is 1. The number of nitrogens with one attached hydrogen (secondary N) is 2. The predicted octanol–water partition coefficient (Wildman–Crippen LogP) is 4.57. The van der Waals surface area contributed by atoms with Crippen LogP contribution >= 0.6 is 0 Å². The summed E-state index contributed by atoms with van der Waals surface area (Å²) >= 11 is 0. The van der Waals surface area contributed by atoms with Crippen molar-refractivity contribution in [3.63, 3.8) is 0 Å². The number of anilines is 1. The molecular formula is C24H17N3O4. The lowest BCUT2D eigenvalue weighted by Gasteiger charge is -2.07. The van der Waals surface area contributed by atoms with Gasteiger partial charge in [0.25, 0.3) is 5.91 Å². The van der Waals surface area contributed by atoms with Crippen LogP contribution < -0.4 is 10.1 Å². The van der Waals surface area contributed by atoms with Gasteiger partial charge in [0.15, 0.2) is 0 Å². The maximum atomic E-state index is 12.7. The van der Waals surface area contributed by atoms with Crippen molar-refractivity contribution in [3.8, 4) is 11.8 Å². The molecule has 0 spiro atoms. The van der Waals surface area contributed by atoms with Gasteiger partial charge in [0.1, 0.15) is 18.1 Å². The third-order valence-corrected chi connectivity index (χ3v) is 4.71. The molecule has 1 aromatic heterocycles. The minimum Gasteiger partial charge on any atom is -0.489 e. The van der Waals surface area contributed by atoms with Crippen LogP contribution in [0.15, 0.2) is 72.8 Å². The van der Waals surface area contributed by atoms with Gasteiger partial charge in [-0.25, -0.2) is 4.79 Å². The Kier molecular flexibility index (Phi) is 5.37. The first kappa shape index (κ1) is 19.7. The fourth-order valence-electron chi connectivity index (χ4n) is 3.15. The number of nitrogens with zero attached hydrogens (tertiary/aromatic N) is 1. The van der Waals surface area contributed by atoms with Gasteiger partial charge in [-0.1, -0.05) is 30.3 Å². The molecule has 152 valence electrons. The van der Waals surface area contributed by atoms with E-state index in [0.717, 1.165) is 16.5 Å². The second-order valence-corrected chi connectivity index (χ2v) is 6.84. The van der Waals surface area contributed by atoms with Crippen molar-refractivity contribution in [2.45, 2.75) is 6.61 Å². The van der Waals surface area contributed by atoms with Gasteiger partial charge in [-0.3, -0.25) is 4.79 Å². The molecule has 0 aliphatic carbocycles. The van der Waals surface area contributed by atoms with E-state index < -0.39 is 11.9 Å². The third-order valence-electron chi connectivity index (χ3n) is 4.71. The first-order valence-corrected chi connectivity index (χ1v) is 9.42. The number of rotatable bonds is 6. The van der Waals surface area contributed by atoms with Gasteiger partial charge in [0, 0.05) is 10.9 Å². The summed E-state index contributed by atoms with van der Waals surface area (Å²) in [7, 11) is 0. The minimum atomic E-state index is -1.23. The lowest BCUT2D eigenvalue weighted by molar-refractivity contribution is 0.0698. The van der Waals surface area contributed by atoms with Crippen molar-refractivity contribution in [1.82, 2.24) is 4.98 Å². The number of carbonyl (C=O) groups excluding carboxylic acids is 1. The van der Waals surface area contributed by atoms with Gasteiger partial charge in [-0.2, -0.15) is 5.26 Å². The second-order valence-electron chi connectivity index (χ2n) is 6.84. The number of fused-ring (bicyclic) bond motifs is 1. The van der Waals surface area contributed by atoms with E-state index in [1.807, 2.05) is 54.6 Å². The molecule has 0 aliphatic rings. The standard InChI is InChI=1S/C24H17N3O4/c25-13-16-6-8-21(19(10-16)24(29)30)27-23(28)22-12-17-11-18(7-9-20(17)26-22)31-14-15-4-2-1-3-5-15/h1-12,26H,14H2,(H,27,28)(H,29,30). The summed E-state index contributed by atoms with van der Waals surface area (Å²) in [6.45, 7) is 0.431. The highest BCUT2D eigenvalue weighted by Gasteiger charge is 2.16. The molecule has 7 heteroatoms. The van der Waals surface area contributed by atoms with Crippen LogP contribution in [0.5, 0.6) is 5.75 Å². The van der Waals surface area contributed by atoms with Crippen LogP contribution in [-0.2, 0) is 6.61 Å². The molecule has 7 nitrogen and oxygen atoms in total. The first-order chi connectivity index (χ1) is 15.0. The summed E-state index contributed by atoms with van der Waals surface area (Å²) in [4.78, 5) is 27.2. The fourth-order valence-corrected chi connectivity index (χ4v) is 3.15. The molecule has 0 saturated carbocycles. The Bertz CT molecular complexity index is 1320.